The first-order chi connectivity index (χ1) is 11.5. The third-order valence-electron chi connectivity index (χ3n) is 3.23. The van der Waals surface area contributed by atoms with Gasteiger partial charge in [0, 0.05) is 0 Å². The summed E-state index contributed by atoms with van der Waals surface area (Å²) < 4.78 is 105. The van der Waals surface area contributed by atoms with E-state index in [-0.39, 0.29) is 5.56 Å². The zero-order chi connectivity index (χ0) is 19.1. The highest BCUT2D eigenvalue weighted by Gasteiger charge is 2.42. The average Bonchev–Trinajstić information content (AvgIpc) is 2.48. The number of carbonyl (C=O) groups excluding carboxylic acids is 1. The number of aryl methyl sites for hydroxylation is 1. The summed E-state index contributed by atoms with van der Waals surface area (Å²) in [6.45, 7) is 1.26. The lowest BCUT2D eigenvalue weighted by atomic mass is 10.1. The molecule has 10 heteroatoms. The van der Waals surface area contributed by atoms with Gasteiger partial charge in [-0.2, -0.15) is 13.2 Å². The van der Waals surface area contributed by atoms with Gasteiger partial charge in [0.1, 0.15) is 17.1 Å². The van der Waals surface area contributed by atoms with E-state index in [0.717, 1.165) is 6.07 Å². The molecule has 2 aromatic carbocycles. The largest absolute Gasteiger partial charge is 0.422 e. The minimum atomic E-state index is -5.71. The van der Waals surface area contributed by atoms with Crippen LogP contribution in [0.1, 0.15) is 21.5 Å². The summed E-state index contributed by atoms with van der Waals surface area (Å²) in [4.78, 5) is 11.9. The zero-order valence-corrected chi connectivity index (χ0v) is 12.2. The van der Waals surface area contributed by atoms with Gasteiger partial charge in [-0.05, 0) is 18.6 Å². The smallest absolute Gasteiger partial charge is 0.317 e. The van der Waals surface area contributed by atoms with E-state index in [0.29, 0.717) is 0 Å². The molecule has 0 atom stereocenters. The summed E-state index contributed by atoms with van der Waals surface area (Å²) in [6, 6.07) is 3.32. The second-order valence-electron chi connectivity index (χ2n) is 4.89. The number of benzene rings is 2. The average molecular weight is 369 g/mol. The van der Waals surface area contributed by atoms with Gasteiger partial charge in [0.05, 0.1) is 5.56 Å². The predicted molar refractivity (Wildman–Crippen MR) is 70.4 cm³/mol. The monoisotopic (exact) mass is 369 g/mol. The topological polar surface area (TPSA) is 29.1 Å². The van der Waals surface area contributed by atoms with Gasteiger partial charge in [0.15, 0.2) is 23.3 Å². The molecule has 0 saturated heterocycles. The standard InChI is InChI=1S/C15H7F8NO/c1-5-3-2-4-6(16)7(5)14(25)24-13-11(19)9(17)8(15(21,22)23)10(18)12(13)20/h2-4H,1H3,(H,24,25). The van der Waals surface area contributed by atoms with Crippen LogP contribution in [0.2, 0.25) is 0 Å². The van der Waals surface area contributed by atoms with E-state index in [2.05, 4.69) is 0 Å². The van der Waals surface area contributed by atoms with Crippen LogP contribution in [0, 0.1) is 36.0 Å². The molecular formula is C15H7F8NO. The maximum Gasteiger partial charge on any atom is 0.422 e. The molecule has 0 heterocycles. The van der Waals surface area contributed by atoms with Crippen molar-refractivity contribution in [1.29, 1.82) is 0 Å². The molecule has 0 aliphatic heterocycles. The molecule has 1 amide bonds. The molecule has 1 N–H and O–H groups in total. The van der Waals surface area contributed by atoms with Gasteiger partial charge in [-0.25, -0.2) is 22.0 Å². The van der Waals surface area contributed by atoms with E-state index < -0.39 is 58.0 Å². The van der Waals surface area contributed by atoms with E-state index in [1.807, 2.05) is 0 Å². The van der Waals surface area contributed by atoms with Crippen molar-refractivity contribution in [1.82, 2.24) is 0 Å². The number of halogens is 8. The Bertz CT molecular complexity index is 810. The Morgan fingerprint density at radius 1 is 0.920 bits per heavy atom. The third kappa shape index (κ3) is 3.28. The van der Waals surface area contributed by atoms with E-state index >= 15 is 0 Å². The maximum atomic E-state index is 13.7. The quantitative estimate of drug-likeness (QED) is 0.588. The highest BCUT2D eigenvalue weighted by atomic mass is 19.4. The first-order valence-electron chi connectivity index (χ1n) is 6.46. The summed E-state index contributed by atoms with van der Waals surface area (Å²) in [7, 11) is 0. The van der Waals surface area contributed by atoms with Crippen molar-refractivity contribution < 1.29 is 39.9 Å². The molecule has 0 fully saturated rings. The molecule has 0 spiro atoms. The number of carbonyl (C=O) groups is 1. The zero-order valence-electron chi connectivity index (χ0n) is 12.2. The van der Waals surface area contributed by atoms with Gasteiger partial charge < -0.3 is 5.32 Å². The molecule has 0 saturated carbocycles. The summed E-state index contributed by atoms with van der Waals surface area (Å²) in [5, 5.41) is 1.36. The molecule has 0 aliphatic carbocycles. The van der Waals surface area contributed by atoms with Crippen LogP contribution in [0.5, 0.6) is 0 Å². The summed E-state index contributed by atoms with van der Waals surface area (Å²) in [5.41, 5.74) is -5.24. The summed E-state index contributed by atoms with van der Waals surface area (Å²) in [5.74, 6) is -13.0. The lowest BCUT2D eigenvalue weighted by Crippen LogP contribution is -2.21. The van der Waals surface area contributed by atoms with Gasteiger partial charge in [-0.1, -0.05) is 12.1 Å². The van der Waals surface area contributed by atoms with Crippen molar-refractivity contribution in [3.05, 3.63) is 64.0 Å². The predicted octanol–water partition coefficient (Wildman–Crippen LogP) is 4.96. The maximum absolute atomic E-state index is 13.7. The lowest BCUT2D eigenvalue weighted by Gasteiger charge is -2.15. The lowest BCUT2D eigenvalue weighted by molar-refractivity contribution is -0.143. The Hall–Kier alpha value is -2.65. The Balaban J connectivity index is 2.57. The number of alkyl halides is 3. The van der Waals surface area contributed by atoms with Crippen molar-refractivity contribution in [3.8, 4) is 0 Å². The van der Waals surface area contributed by atoms with Gasteiger partial charge >= 0.3 is 6.18 Å². The van der Waals surface area contributed by atoms with E-state index in [4.69, 9.17) is 0 Å². The molecule has 2 nitrogen and oxygen atoms in total. The molecule has 134 valence electrons. The SMILES string of the molecule is Cc1cccc(F)c1C(=O)Nc1c(F)c(F)c(C(F)(F)F)c(F)c1F. The molecule has 2 rings (SSSR count). The second-order valence-corrected chi connectivity index (χ2v) is 4.89. The Morgan fingerprint density at radius 2 is 1.44 bits per heavy atom. The normalized spacial score (nSPS) is 11.6. The van der Waals surface area contributed by atoms with Crippen molar-refractivity contribution >= 4 is 11.6 Å². The summed E-state index contributed by atoms with van der Waals surface area (Å²) >= 11 is 0. The minimum absolute atomic E-state index is 0.0196. The number of amides is 1. The van der Waals surface area contributed by atoms with Crippen LogP contribution in [0.4, 0.5) is 40.8 Å². The first-order valence-corrected chi connectivity index (χ1v) is 6.46. The molecule has 2 aromatic rings. The van der Waals surface area contributed by atoms with Crippen molar-refractivity contribution in [2.75, 3.05) is 5.32 Å². The molecule has 0 radical (unpaired) electrons. The molecule has 0 aromatic heterocycles. The van der Waals surface area contributed by atoms with Crippen LogP contribution < -0.4 is 5.32 Å². The molecular weight excluding hydrogens is 362 g/mol. The fourth-order valence-corrected chi connectivity index (χ4v) is 2.09. The van der Waals surface area contributed by atoms with Crippen LogP contribution in [-0.4, -0.2) is 5.91 Å². The highest BCUT2D eigenvalue weighted by molar-refractivity contribution is 6.05. The third-order valence-corrected chi connectivity index (χ3v) is 3.23. The van der Waals surface area contributed by atoms with Crippen LogP contribution in [0.3, 0.4) is 0 Å². The van der Waals surface area contributed by atoms with Gasteiger partial charge in [-0.15, -0.1) is 0 Å². The van der Waals surface area contributed by atoms with E-state index in [1.165, 1.54) is 24.4 Å². The van der Waals surface area contributed by atoms with Crippen LogP contribution in [0.15, 0.2) is 18.2 Å². The molecule has 0 bridgehead atoms. The Morgan fingerprint density at radius 3 is 1.88 bits per heavy atom. The Labute approximate surface area is 135 Å². The van der Waals surface area contributed by atoms with Crippen LogP contribution in [0.25, 0.3) is 0 Å². The van der Waals surface area contributed by atoms with E-state index in [9.17, 15) is 39.9 Å². The number of hydrogen-bond acceptors (Lipinski definition) is 1. The van der Waals surface area contributed by atoms with Crippen molar-refractivity contribution in [3.63, 3.8) is 0 Å². The van der Waals surface area contributed by atoms with Crippen LogP contribution in [-0.2, 0) is 6.18 Å². The molecule has 0 aliphatic rings. The highest BCUT2D eigenvalue weighted by Crippen LogP contribution is 2.38. The Kier molecular flexibility index (Phi) is 4.74. The number of nitrogens with one attached hydrogen (secondary N) is 1. The fraction of sp³-hybridized carbons (Fsp3) is 0.133. The fourth-order valence-electron chi connectivity index (χ4n) is 2.09. The first kappa shape index (κ1) is 18.7. The minimum Gasteiger partial charge on any atom is -0.317 e. The van der Waals surface area contributed by atoms with Gasteiger partial charge in [0.25, 0.3) is 5.91 Å². The number of rotatable bonds is 2. The molecule has 25 heavy (non-hydrogen) atoms. The van der Waals surface area contributed by atoms with Crippen LogP contribution >= 0.6 is 0 Å². The van der Waals surface area contributed by atoms with Crippen molar-refractivity contribution in [2.45, 2.75) is 13.1 Å². The summed E-state index contributed by atoms with van der Waals surface area (Å²) in [6.07, 6.45) is -5.71. The van der Waals surface area contributed by atoms with Gasteiger partial charge in [0.2, 0.25) is 0 Å². The second kappa shape index (κ2) is 6.34. The number of anilines is 1. The van der Waals surface area contributed by atoms with E-state index in [1.54, 1.807) is 0 Å². The van der Waals surface area contributed by atoms with Gasteiger partial charge in [-0.3, -0.25) is 4.79 Å². The number of hydrogen-bond donors (Lipinski definition) is 1. The molecule has 0 unspecified atom stereocenters. The van der Waals surface area contributed by atoms with Crippen molar-refractivity contribution in [2.24, 2.45) is 0 Å².